The summed E-state index contributed by atoms with van der Waals surface area (Å²) in [5.41, 5.74) is 6.99. The van der Waals surface area contributed by atoms with Crippen LogP contribution in [0.1, 0.15) is 40.3 Å². The maximum absolute atomic E-state index is 12.1. The highest BCUT2D eigenvalue weighted by Gasteiger charge is 2.42. The number of hydrogen-bond donors (Lipinski definition) is 2. The number of hydrogen-bond acceptors (Lipinski definition) is 5. The summed E-state index contributed by atoms with van der Waals surface area (Å²) in [6.07, 6.45) is 2.87. The number of rotatable bonds is 7. The van der Waals surface area contributed by atoms with Crippen molar-refractivity contribution in [2.45, 2.75) is 32.9 Å². The number of aryl methyl sites for hydroxylation is 1. The molecule has 0 aliphatic carbocycles. The van der Waals surface area contributed by atoms with E-state index in [1.54, 1.807) is 18.3 Å². The SMILES string of the molecule is COc1ccc(N2C(=S)N[C@H](c3ccccn3)[C@H]2c2cc(C)n(-c3cccc(Cl)c3C)c2C)cc1NS(C)(=O)=O. The first kappa shape index (κ1) is 27.9. The number of pyridine rings is 1. The highest BCUT2D eigenvalue weighted by Crippen LogP contribution is 2.45. The van der Waals surface area contributed by atoms with Crippen LogP contribution in [0.5, 0.6) is 5.75 Å². The van der Waals surface area contributed by atoms with Gasteiger partial charge in [0.15, 0.2) is 5.11 Å². The summed E-state index contributed by atoms with van der Waals surface area (Å²) in [5, 5.41) is 4.68. The van der Waals surface area contributed by atoms with Crippen LogP contribution in [0, 0.1) is 20.8 Å². The van der Waals surface area contributed by atoms with Gasteiger partial charge in [-0.05, 0) is 92.6 Å². The van der Waals surface area contributed by atoms with Gasteiger partial charge in [-0.2, -0.15) is 0 Å². The number of methoxy groups -OCH3 is 1. The number of thiocarbonyl (C=S) groups is 1. The van der Waals surface area contributed by atoms with Crippen LogP contribution in [-0.4, -0.2) is 36.4 Å². The van der Waals surface area contributed by atoms with Gasteiger partial charge in [-0.3, -0.25) is 9.71 Å². The highest BCUT2D eigenvalue weighted by molar-refractivity contribution is 7.92. The molecule has 5 rings (SSSR count). The topological polar surface area (TPSA) is 88.5 Å². The van der Waals surface area contributed by atoms with E-state index in [-0.39, 0.29) is 12.1 Å². The molecule has 40 heavy (non-hydrogen) atoms. The number of ether oxygens (including phenoxy) is 1. The third-order valence-corrected chi connectivity index (χ3v) is 8.44. The molecule has 0 amide bonds. The van der Waals surface area contributed by atoms with Crippen molar-refractivity contribution < 1.29 is 13.2 Å². The Bertz CT molecular complexity index is 1710. The summed E-state index contributed by atoms with van der Waals surface area (Å²) in [6.45, 7) is 6.17. The van der Waals surface area contributed by atoms with Crippen LogP contribution in [0.3, 0.4) is 0 Å². The van der Waals surface area contributed by atoms with E-state index in [4.69, 9.17) is 28.6 Å². The lowest BCUT2D eigenvalue weighted by Crippen LogP contribution is -2.29. The quantitative estimate of drug-likeness (QED) is 0.253. The second-order valence-corrected chi connectivity index (χ2v) is 12.3. The molecule has 208 valence electrons. The van der Waals surface area contributed by atoms with Crippen molar-refractivity contribution >= 4 is 50.3 Å². The smallest absolute Gasteiger partial charge is 0.229 e. The zero-order chi connectivity index (χ0) is 28.8. The molecule has 8 nitrogen and oxygen atoms in total. The molecule has 2 N–H and O–H groups in total. The van der Waals surface area contributed by atoms with Crippen molar-refractivity contribution in [3.8, 4) is 11.4 Å². The van der Waals surface area contributed by atoms with E-state index in [1.807, 2.05) is 48.2 Å². The average Bonchev–Trinajstić information content (AvgIpc) is 3.40. The highest BCUT2D eigenvalue weighted by atomic mass is 35.5. The van der Waals surface area contributed by atoms with E-state index in [9.17, 15) is 8.42 Å². The molecule has 2 aromatic heterocycles. The predicted octanol–water partition coefficient (Wildman–Crippen LogP) is 6.01. The summed E-state index contributed by atoms with van der Waals surface area (Å²) in [4.78, 5) is 6.66. The lowest BCUT2D eigenvalue weighted by atomic mass is 9.96. The zero-order valence-electron chi connectivity index (χ0n) is 22.8. The largest absolute Gasteiger partial charge is 0.495 e. The summed E-state index contributed by atoms with van der Waals surface area (Å²) >= 11 is 12.4. The van der Waals surface area contributed by atoms with Gasteiger partial charge < -0.3 is 19.5 Å². The minimum atomic E-state index is -3.55. The normalized spacial score (nSPS) is 17.1. The Kier molecular flexibility index (Phi) is 7.52. The summed E-state index contributed by atoms with van der Waals surface area (Å²) in [5.74, 6) is 0.402. The second kappa shape index (κ2) is 10.8. The van der Waals surface area contributed by atoms with Gasteiger partial charge in [-0.15, -0.1) is 0 Å². The molecule has 11 heteroatoms. The lowest BCUT2D eigenvalue weighted by Gasteiger charge is -2.29. The Morgan fingerprint density at radius 3 is 2.52 bits per heavy atom. The fourth-order valence-electron chi connectivity index (χ4n) is 5.37. The number of halogens is 1. The van der Waals surface area contributed by atoms with Crippen molar-refractivity contribution in [3.63, 3.8) is 0 Å². The van der Waals surface area contributed by atoms with E-state index in [0.717, 1.165) is 40.2 Å². The molecule has 1 aliphatic heterocycles. The molecule has 1 saturated heterocycles. The molecule has 2 atom stereocenters. The Balaban J connectivity index is 1.70. The molecule has 0 radical (unpaired) electrons. The Labute approximate surface area is 245 Å². The predicted molar refractivity (Wildman–Crippen MR) is 164 cm³/mol. The summed E-state index contributed by atoms with van der Waals surface area (Å²) in [6, 6.07) is 18.6. The van der Waals surface area contributed by atoms with Crippen LogP contribution < -0.4 is 19.7 Å². The van der Waals surface area contributed by atoms with Crippen LogP contribution in [0.4, 0.5) is 11.4 Å². The first-order chi connectivity index (χ1) is 19.0. The van der Waals surface area contributed by atoms with Crippen molar-refractivity contribution in [3.05, 3.63) is 100 Å². The van der Waals surface area contributed by atoms with Gasteiger partial charge in [0.05, 0.1) is 36.8 Å². The number of nitrogens with one attached hydrogen (secondary N) is 2. The summed E-state index contributed by atoms with van der Waals surface area (Å²) < 4.78 is 34.4. The fourth-order valence-corrected chi connectivity index (χ4v) is 6.44. The Hall–Kier alpha value is -3.60. The molecule has 0 saturated carbocycles. The zero-order valence-corrected chi connectivity index (χ0v) is 25.2. The molecule has 0 spiro atoms. The maximum atomic E-state index is 12.1. The maximum Gasteiger partial charge on any atom is 0.229 e. The van der Waals surface area contributed by atoms with Gasteiger partial charge >= 0.3 is 0 Å². The Morgan fingerprint density at radius 1 is 1.07 bits per heavy atom. The first-order valence-corrected chi connectivity index (χ1v) is 15.3. The van der Waals surface area contributed by atoms with Crippen molar-refractivity contribution in [2.75, 3.05) is 23.0 Å². The monoisotopic (exact) mass is 595 g/mol. The van der Waals surface area contributed by atoms with E-state index in [1.165, 1.54) is 7.11 Å². The van der Waals surface area contributed by atoms with Crippen LogP contribution >= 0.6 is 23.8 Å². The van der Waals surface area contributed by atoms with E-state index in [2.05, 4.69) is 45.6 Å². The van der Waals surface area contributed by atoms with E-state index < -0.39 is 10.0 Å². The number of benzene rings is 2. The van der Waals surface area contributed by atoms with Crippen LogP contribution in [-0.2, 0) is 10.0 Å². The number of sulfonamides is 1. The van der Waals surface area contributed by atoms with Crippen molar-refractivity contribution in [1.29, 1.82) is 0 Å². The molecule has 3 heterocycles. The van der Waals surface area contributed by atoms with Gasteiger partial charge in [0.1, 0.15) is 5.75 Å². The van der Waals surface area contributed by atoms with Crippen LogP contribution in [0.2, 0.25) is 5.02 Å². The molecule has 1 fully saturated rings. The molecule has 4 aromatic rings. The summed E-state index contributed by atoms with van der Waals surface area (Å²) in [7, 11) is -2.05. The molecule has 2 aromatic carbocycles. The van der Waals surface area contributed by atoms with Crippen LogP contribution in [0.25, 0.3) is 5.69 Å². The Morgan fingerprint density at radius 2 is 1.85 bits per heavy atom. The van der Waals surface area contributed by atoms with Crippen molar-refractivity contribution in [2.24, 2.45) is 0 Å². The third-order valence-electron chi connectivity index (χ3n) is 7.12. The molecular formula is C29H30ClN5O3S2. The van der Waals surface area contributed by atoms with Crippen LogP contribution in [0.15, 0.2) is 66.9 Å². The average molecular weight is 596 g/mol. The van der Waals surface area contributed by atoms with E-state index >= 15 is 0 Å². The molecule has 1 aliphatic rings. The fraction of sp³-hybridized carbons (Fsp3) is 0.241. The first-order valence-electron chi connectivity index (χ1n) is 12.6. The molecule has 0 unspecified atom stereocenters. The number of anilines is 2. The van der Waals surface area contributed by atoms with Gasteiger partial charge in [0.25, 0.3) is 0 Å². The minimum Gasteiger partial charge on any atom is -0.495 e. The third kappa shape index (κ3) is 5.14. The van der Waals surface area contributed by atoms with Gasteiger partial charge in [0.2, 0.25) is 10.0 Å². The van der Waals surface area contributed by atoms with E-state index in [0.29, 0.717) is 27.3 Å². The van der Waals surface area contributed by atoms with Crippen molar-refractivity contribution in [1.82, 2.24) is 14.9 Å². The lowest BCUT2D eigenvalue weighted by molar-refractivity contribution is 0.417. The second-order valence-electron chi connectivity index (χ2n) is 9.80. The van der Waals surface area contributed by atoms with Gasteiger partial charge in [-0.25, -0.2) is 8.42 Å². The van der Waals surface area contributed by atoms with Gasteiger partial charge in [-0.1, -0.05) is 23.7 Å². The number of nitrogens with zero attached hydrogens (tertiary/aromatic N) is 3. The minimum absolute atomic E-state index is 0.267. The molecular weight excluding hydrogens is 566 g/mol. The number of aromatic nitrogens is 2. The standard InChI is InChI=1S/C29H30ClN5O3S2/c1-17-15-21(19(3)34(17)25-11-8-9-22(30)18(25)2)28-27(23-10-6-7-14-31-23)32-29(39)35(28)20-12-13-26(38-4)24(16-20)33-40(5,36)37/h6-16,27-28,33H,1-5H3,(H,32,39)/t27-,28-/m1/s1. The molecule has 0 bridgehead atoms. The van der Waals surface area contributed by atoms with Gasteiger partial charge in [0, 0.05) is 34.0 Å².